The first kappa shape index (κ1) is 15.2. The van der Waals surface area contributed by atoms with Crippen molar-refractivity contribution in [3.05, 3.63) is 71.4 Å². The van der Waals surface area contributed by atoms with Gasteiger partial charge in [0.05, 0.1) is 6.54 Å². The minimum atomic E-state index is 0.201. The first-order valence-electron chi connectivity index (χ1n) is 8.59. The van der Waals surface area contributed by atoms with Crippen molar-refractivity contribution in [1.82, 2.24) is 9.88 Å². The number of Topliss-reactive ketones (excluding diaryl/α,β-unsaturated/α-hetero) is 1. The van der Waals surface area contributed by atoms with Crippen molar-refractivity contribution in [2.24, 2.45) is 0 Å². The number of rotatable bonds is 6. The summed E-state index contributed by atoms with van der Waals surface area (Å²) < 4.78 is 0. The SMILES string of the molecule is Cc1cccc(CN(CC(=O)c2c[nH]c3ccccc23)C2CC2)c1. The van der Waals surface area contributed by atoms with Crippen LogP contribution in [0.15, 0.2) is 54.7 Å². The van der Waals surface area contributed by atoms with E-state index in [1.165, 1.54) is 24.0 Å². The first-order valence-corrected chi connectivity index (χ1v) is 8.59. The highest BCUT2D eigenvalue weighted by molar-refractivity contribution is 6.08. The minimum absolute atomic E-state index is 0.201. The van der Waals surface area contributed by atoms with Crippen LogP contribution in [0.5, 0.6) is 0 Å². The average Bonchev–Trinajstić information content (AvgIpc) is 3.33. The topological polar surface area (TPSA) is 36.1 Å². The number of ketones is 1. The average molecular weight is 318 g/mol. The third-order valence-electron chi connectivity index (χ3n) is 4.77. The molecule has 0 radical (unpaired) electrons. The minimum Gasteiger partial charge on any atom is -0.360 e. The number of aromatic nitrogens is 1. The van der Waals surface area contributed by atoms with E-state index in [0.717, 1.165) is 23.0 Å². The molecule has 2 aromatic carbocycles. The van der Waals surface area contributed by atoms with Crippen molar-refractivity contribution in [3.63, 3.8) is 0 Å². The van der Waals surface area contributed by atoms with Gasteiger partial charge in [0.25, 0.3) is 0 Å². The van der Waals surface area contributed by atoms with Gasteiger partial charge in [0.15, 0.2) is 5.78 Å². The molecule has 0 amide bonds. The maximum absolute atomic E-state index is 12.9. The van der Waals surface area contributed by atoms with Crippen molar-refractivity contribution >= 4 is 16.7 Å². The normalized spacial score (nSPS) is 14.4. The van der Waals surface area contributed by atoms with Gasteiger partial charge < -0.3 is 4.98 Å². The quantitative estimate of drug-likeness (QED) is 0.687. The van der Waals surface area contributed by atoms with Crippen molar-refractivity contribution in [2.75, 3.05) is 6.54 Å². The zero-order chi connectivity index (χ0) is 16.5. The predicted octanol–water partition coefficient (Wildman–Crippen LogP) is 4.32. The largest absolute Gasteiger partial charge is 0.360 e. The van der Waals surface area contributed by atoms with Gasteiger partial charge in [0.2, 0.25) is 0 Å². The van der Waals surface area contributed by atoms with E-state index in [9.17, 15) is 4.79 Å². The summed E-state index contributed by atoms with van der Waals surface area (Å²) in [4.78, 5) is 18.4. The van der Waals surface area contributed by atoms with E-state index < -0.39 is 0 Å². The third kappa shape index (κ3) is 3.13. The van der Waals surface area contributed by atoms with Gasteiger partial charge in [-0.2, -0.15) is 0 Å². The Labute approximate surface area is 142 Å². The molecule has 0 unspecified atom stereocenters. The fourth-order valence-corrected chi connectivity index (χ4v) is 3.37. The summed E-state index contributed by atoms with van der Waals surface area (Å²) in [6, 6.07) is 17.1. The van der Waals surface area contributed by atoms with Gasteiger partial charge in [0.1, 0.15) is 0 Å². The maximum Gasteiger partial charge on any atom is 0.178 e. The van der Waals surface area contributed by atoms with Crippen molar-refractivity contribution in [2.45, 2.75) is 32.4 Å². The monoisotopic (exact) mass is 318 g/mol. The van der Waals surface area contributed by atoms with Crippen LogP contribution in [0.1, 0.15) is 34.3 Å². The number of hydrogen-bond acceptors (Lipinski definition) is 2. The fourth-order valence-electron chi connectivity index (χ4n) is 3.37. The molecule has 3 nitrogen and oxygen atoms in total. The van der Waals surface area contributed by atoms with E-state index in [1.54, 1.807) is 0 Å². The van der Waals surface area contributed by atoms with Gasteiger partial charge in [-0.05, 0) is 31.4 Å². The number of fused-ring (bicyclic) bond motifs is 1. The van der Waals surface area contributed by atoms with Gasteiger partial charge in [-0.1, -0.05) is 48.0 Å². The Morgan fingerprint density at radius 1 is 1.17 bits per heavy atom. The Hall–Kier alpha value is -2.39. The van der Waals surface area contributed by atoms with Crippen molar-refractivity contribution in [1.29, 1.82) is 0 Å². The summed E-state index contributed by atoms with van der Waals surface area (Å²) in [5.41, 5.74) is 4.39. The molecule has 3 aromatic rings. The number of H-pyrrole nitrogens is 1. The number of nitrogens with one attached hydrogen (secondary N) is 1. The smallest absolute Gasteiger partial charge is 0.178 e. The molecule has 1 aliphatic carbocycles. The summed E-state index contributed by atoms with van der Waals surface area (Å²) >= 11 is 0. The second kappa shape index (κ2) is 6.25. The number of para-hydroxylation sites is 1. The molecule has 0 spiro atoms. The molecule has 1 aromatic heterocycles. The van der Waals surface area contributed by atoms with Crippen LogP contribution < -0.4 is 0 Å². The van der Waals surface area contributed by atoms with Crippen LogP contribution in [0.3, 0.4) is 0 Å². The Morgan fingerprint density at radius 3 is 2.79 bits per heavy atom. The van der Waals surface area contributed by atoms with E-state index in [0.29, 0.717) is 12.6 Å². The zero-order valence-electron chi connectivity index (χ0n) is 14.0. The Bertz CT molecular complexity index is 876. The van der Waals surface area contributed by atoms with Crippen LogP contribution in [-0.4, -0.2) is 28.3 Å². The molecule has 4 rings (SSSR count). The highest BCUT2D eigenvalue weighted by Crippen LogP contribution is 2.29. The third-order valence-corrected chi connectivity index (χ3v) is 4.77. The van der Waals surface area contributed by atoms with E-state index in [4.69, 9.17) is 0 Å². The lowest BCUT2D eigenvalue weighted by Gasteiger charge is -2.21. The van der Waals surface area contributed by atoms with Crippen LogP contribution in [0.4, 0.5) is 0 Å². The summed E-state index contributed by atoms with van der Waals surface area (Å²) in [6.07, 6.45) is 4.25. The molecule has 0 atom stereocenters. The first-order chi connectivity index (χ1) is 11.7. The summed E-state index contributed by atoms with van der Waals surface area (Å²) in [6.45, 7) is 3.45. The lowest BCUT2D eigenvalue weighted by Crippen LogP contribution is -2.31. The molecular formula is C21H22N2O. The van der Waals surface area contributed by atoms with Crippen LogP contribution in [0.2, 0.25) is 0 Å². The standard InChI is InChI=1S/C21H22N2O/c1-15-5-4-6-16(11-15)13-23(17-9-10-17)14-21(24)19-12-22-20-8-3-2-7-18(19)20/h2-8,11-12,17,22H,9-10,13-14H2,1H3. The molecule has 1 heterocycles. The molecule has 0 aliphatic heterocycles. The summed E-state index contributed by atoms with van der Waals surface area (Å²) in [5, 5.41) is 1.02. The molecular weight excluding hydrogens is 296 g/mol. The molecule has 0 bridgehead atoms. The van der Waals surface area contributed by atoms with Crippen LogP contribution >= 0.6 is 0 Å². The molecule has 1 N–H and O–H groups in total. The Morgan fingerprint density at radius 2 is 2.00 bits per heavy atom. The van der Waals surface area contributed by atoms with Crippen molar-refractivity contribution in [3.8, 4) is 0 Å². The van der Waals surface area contributed by atoms with Gasteiger partial charge in [0, 0.05) is 35.2 Å². The fraction of sp³-hybridized carbons (Fsp3) is 0.286. The highest BCUT2D eigenvalue weighted by atomic mass is 16.1. The van der Waals surface area contributed by atoms with E-state index in [1.807, 2.05) is 30.5 Å². The number of nitrogens with zero attached hydrogens (tertiary/aromatic N) is 1. The van der Waals surface area contributed by atoms with Gasteiger partial charge in [-0.15, -0.1) is 0 Å². The predicted molar refractivity (Wildman–Crippen MR) is 97.2 cm³/mol. The number of carbonyl (C=O) groups excluding carboxylic acids is 1. The number of aromatic amines is 1. The Balaban J connectivity index is 1.54. The van der Waals surface area contributed by atoms with Crippen LogP contribution in [-0.2, 0) is 6.54 Å². The summed E-state index contributed by atoms with van der Waals surface area (Å²) in [5.74, 6) is 0.201. The molecule has 24 heavy (non-hydrogen) atoms. The summed E-state index contributed by atoms with van der Waals surface area (Å²) in [7, 11) is 0. The second-order valence-corrected chi connectivity index (χ2v) is 6.80. The van der Waals surface area contributed by atoms with Gasteiger partial charge >= 0.3 is 0 Å². The van der Waals surface area contributed by atoms with Crippen LogP contribution in [0, 0.1) is 6.92 Å². The number of hydrogen-bond donors (Lipinski definition) is 1. The van der Waals surface area contributed by atoms with E-state index in [-0.39, 0.29) is 5.78 Å². The lowest BCUT2D eigenvalue weighted by molar-refractivity contribution is 0.0921. The van der Waals surface area contributed by atoms with Gasteiger partial charge in [-0.25, -0.2) is 0 Å². The molecule has 122 valence electrons. The molecule has 3 heteroatoms. The lowest BCUT2D eigenvalue weighted by atomic mass is 10.1. The van der Waals surface area contributed by atoms with E-state index in [2.05, 4.69) is 41.1 Å². The Kier molecular flexibility index (Phi) is 3.95. The highest BCUT2D eigenvalue weighted by Gasteiger charge is 2.30. The molecule has 0 saturated heterocycles. The van der Waals surface area contributed by atoms with Gasteiger partial charge in [-0.3, -0.25) is 9.69 Å². The number of benzene rings is 2. The molecule has 1 saturated carbocycles. The van der Waals surface area contributed by atoms with Crippen molar-refractivity contribution < 1.29 is 4.79 Å². The van der Waals surface area contributed by atoms with Crippen LogP contribution in [0.25, 0.3) is 10.9 Å². The number of aryl methyl sites for hydroxylation is 1. The second-order valence-electron chi connectivity index (χ2n) is 6.80. The molecule has 1 fully saturated rings. The maximum atomic E-state index is 12.9. The molecule has 1 aliphatic rings. The van der Waals surface area contributed by atoms with E-state index >= 15 is 0 Å². The zero-order valence-corrected chi connectivity index (χ0v) is 14.0. The number of carbonyl (C=O) groups is 1.